The quantitative estimate of drug-likeness (QED) is 0.397. The highest BCUT2D eigenvalue weighted by Gasteiger charge is 2.31. The molecule has 1 unspecified atom stereocenters. The number of piperazine rings is 1. The maximum absolute atomic E-state index is 13.1. The van der Waals surface area contributed by atoms with Gasteiger partial charge in [-0.05, 0) is 35.7 Å². The van der Waals surface area contributed by atoms with E-state index in [0.29, 0.717) is 18.7 Å². The second-order valence-electron chi connectivity index (χ2n) is 8.74. The minimum atomic E-state index is -3.87. The van der Waals surface area contributed by atoms with Crippen LogP contribution in [0.25, 0.3) is 10.8 Å². The van der Waals surface area contributed by atoms with Gasteiger partial charge in [-0.15, -0.1) is 0 Å². The molecule has 1 heterocycles. The highest BCUT2D eigenvalue weighted by Crippen LogP contribution is 2.26. The number of benzene rings is 3. The number of carbonyl (C=O) groups excluding carboxylic acids is 1. The van der Waals surface area contributed by atoms with Gasteiger partial charge in [0.2, 0.25) is 15.9 Å². The molecule has 0 aromatic heterocycles. The Balaban J connectivity index is 1.36. The monoisotopic (exact) mass is 496 g/mol. The van der Waals surface area contributed by atoms with Gasteiger partial charge < -0.3 is 5.32 Å². The molecule has 0 aliphatic carbocycles. The second-order valence-corrected chi connectivity index (χ2v) is 10.7. The molecule has 0 bridgehead atoms. The molecule has 1 fully saturated rings. The molecule has 10 heteroatoms. The number of hydrogen-bond donors (Lipinski definition) is 1. The number of non-ortho nitro benzene ring substituents is 1. The van der Waals surface area contributed by atoms with Gasteiger partial charge in [-0.2, -0.15) is 4.31 Å². The van der Waals surface area contributed by atoms with Crippen LogP contribution in [0.4, 0.5) is 5.69 Å². The zero-order valence-electron chi connectivity index (χ0n) is 19.7. The Labute approximate surface area is 204 Å². The first-order chi connectivity index (χ1) is 16.7. The molecule has 1 aliphatic rings. The smallest absolute Gasteiger partial charge is 0.270 e. The van der Waals surface area contributed by atoms with Crippen molar-refractivity contribution in [2.75, 3.05) is 32.7 Å². The SMILES string of the molecule is Cc1ccc([N+](=O)[O-])cc1S(=O)(=O)N1CCN(CC(=O)NC(C)c2cccc3ccccc23)CC1. The number of amides is 1. The lowest BCUT2D eigenvalue weighted by Crippen LogP contribution is -2.51. The number of nitro groups is 1. The van der Waals surface area contributed by atoms with Crippen molar-refractivity contribution >= 4 is 32.4 Å². The van der Waals surface area contributed by atoms with Crippen molar-refractivity contribution < 1.29 is 18.1 Å². The fourth-order valence-electron chi connectivity index (χ4n) is 4.44. The van der Waals surface area contributed by atoms with Crippen molar-refractivity contribution in [1.29, 1.82) is 0 Å². The van der Waals surface area contributed by atoms with Gasteiger partial charge in [0.05, 0.1) is 22.4 Å². The summed E-state index contributed by atoms with van der Waals surface area (Å²) >= 11 is 0. The van der Waals surface area contributed by atoms with Crippen LogP contribution in [0, 0.1) is 17.0 Å². The van der Waals surface area contributed by atoms with Crippen LogP contribution in [0.2, 0.25) is 0 Å². The van der Waals surface area contributed by atoms with E-state index in [1.54, 1.807) is 6.92 Å². The number of sulfonamides is 1. The largest absolute Gasteiger partial charge is 0.348 e. The molecule has 3 aromatic rings. The Kier molecular flexibility index (Phi) is 7.15. The van der Waals surface area contributed by atoms with Crippen molar-refractivity contribution in [1.82, 2.24) is 14.5 Å². The first kappa shape index (κ1) is 24.8. The molecular formula is C25H28N4O5S. The zero-order chi connectivity index (χ0) is 25.2. The number of nitrogens with zero attached hydrogens (tertiary/aromatic N) is 3. The molecule has 1 saturated heterocycles. The Bertz CT molecular complexity index is 1360. The predicted octanol–water partition coefficient (Wildman–Crippen LogP) is 3.24. The Morgan fingerprint density at radius 1 is 1.06 bits per heavy atom. The van der Waals surface area contributed by atoms with E-state index in [1.807, 2.05) is 54.3 Å². The molecule has 3 aromatic carbocycles. The fraction of sp³-hybridized carbons (Fsp3) is 0.320. The highest BCUT2D eigenvalue weighted by molar-refractivity contribution is 7.89. The average Bonchev–Trinajstić information content (AvgIpc) is 2.84. The van der Waals surface area contributed by atoms with E-state index >= 15 is 0 Å². The van der Waals surface area contributed by atoms with Gasteiger partial charge in [-0.1, -0.05) is 48.5 Å². The standard InChI is InChI=1S/C25H28N4O5S/c1-18-10-11-21(29(31)32)16-24(18)35(33,34)28-14-12-27(13-15-28)17-25(30)26-19(2)22-9-5-7-20-6-3-4-8-23(20)22/h3-11,16,19H,12-15,17H2,1-2H3,(H,26,30). The molecule has 1 N–H and O–H groups in total. The van der Waals surface area contributed by atoms with Crippen molar-refractivity contribution in [3.05, 3.63) is 81.9 Å². The van der Waals surface area contributed by atoms with E-state index in [4.69, 9.17) is 0 Å². The molecule has 0 radical (unpaired) electrons. The first-order valence-electron chi connectivity index (χ1n) is 11.4. The number of nitrogens with one attached hydrogen (secondary N) is 1. The summed E-state index contributed by atoms with van der Waals surface area (Å²) in [6, 6.07) is 17.7. The Hall–Kier alpha value is -3.34. The van der Waals surface area contributed by atoms with E-state index in [0.717, 1.165) is 22.4 Å². The lowest BCUT2D eigenvalue weighted by Gasteiger charge is -2.34. The minimum Gasteiger partial charge on any atom is -0.348 e. The van der Waals surface area contributed by atoms with Crippen LogP contribution in [0.1, 0.15) is 24.1 Å². The third-order valence-corrected chi connectivity index (χ3v) is 8.41. The summed E-state index contributed by atoms with van der Waals surface area (Å²) in [5.74, 6) is -0.128. The van der Waals surface area contributed by atoms with Crippen LogP contribution in [0.15, 0.2) is 65.6 Å². The first-order valence-corrected chi connectivity index (χ1v) is 12.9. The number of nitro benzene ring substituents is 1. The van der Waals surface area contributed by atoms with E-state index in [2.05, 4.69) is 5.32 Å². The fourth-order valence-corrected chi connectivity index (χ4v) is 6.11. The summed E-state index contributed by atoms with van der Waals surface area (Å²) < 4.78 is 27.6. The maximum Gasteiger partial charge on any atom is 0.270 e. The Morgan fingerprint density at radius 3 is 2.46 bits per heavy atom. The highest BCUT2D eigenvalue weighted by atomic mass is 32.2. The second kappa shape index (κ2) is 10.1. The van der Waals surface area contributed by atoms with Gasteiger partial charge in [-0.3, -0.25) is 19.8 Å². The van der Waals surface area contributed by atoms with Gasteiger partial charge in [0, 0.05) is 38.3 Å². The van der Waals surface area contributed by atoms with Crippen molar-refractivity contribution in [2.45, 2.75) is 24.8 Å². The summed E-state index contributed by atoms with van der Waals surface area (Å²) in [5.41, 5.74) is 1.24. The van der Waals surface area contributed by atoms with Crippen LogP contribution in [-0.4, -0.2) is 61.2 Å². The third kappa shape index (κ3) is 5.34. The van der Waals surface area contributed by atoms with E-state index in [9.17, 15) is 23.3 Å². The number of fused-ring (bicyclic) bond motifs is 1. The molecule has 1 aliphatic heterocycles. The van der Waals surface area contributed by atoms with Gasteiger partial charge in [0.1, 0.15) is 0 Å². The molecule has 184 valence electrons. The lowest BCUT2D eigenvalue weighted by atomic mass is 10.00. The van der Waals surface area contributed by atoms with Gasteiger partial charge in [0.25, 0.3) is 5.69 Å². The van der Waals surface area contributed by atoms with E-state index in [1.165, 1.54) is 16.4 Å². The summed E-state index contributed by atoms with van der Waals surface area (Å²) in [4.78, 5) is 25.1. The van der Waals surface area contributed by atoms with E-state index < -0.39 is 14.9 Å². The lowest BCUT2D eigenvalue weighted by molar-refractivity contribution is -0.385. The average molecular weight is 497 g/mol. The molecular weight excluding hydrogens is 468 g/mol. The number of hydrogen-bond acceptors (Lipinski definition) is 6. The summed E-state index contributed by atoms with van der Waals surface area (Å²) in [7, 11) is -3.87. The van der Waals surface area contributed by atoms with Crippen molar-refractivity contribution in [3.8, 4) is 0 Å². The van der Waals surface area contributed by atoms with Crippen LogP contribution in [0.5, 0.6) is 0 Å². The molecule has 9 nitrogen and oxygen atoms in total. The molecule has 0 saturated carbocycles. The van der Waals surface area contributed by atoms with Gasteiger partial charge in [0.15, 0.2) is 0 Å². The van der Waals surface area contributed by atoms with Crippen LogP contribution >= 0.6 is 0 Å². The summed E-state index contributed by atoms with van der Waals surface area (Å²) in [6.45, 7) is 4.93. The van der Waals surface area contributed by atoms with E-state index in [-0.39, 0.29) is 42.2 Å². The number of carbonyl (C=O) groups is 1. The summed E-state index contributed by atoms with van der Waals surface area (Å²) in [6.07, 6.45) is 0. The van der Waals surface area contributed by atoms with Crippen LogP contribution < -0.4 is 5.32 Å². The number of aryl methyl sites for hydroxylation is 1. The predicted molar refractivity (Wildman–Crippen MR) is 134 cm³/mol. The third-order valence-electron chi connectivity index (χ3n) is 6.37. The van der Waals surface area contributed by atoms with Crippen LogP contribution in [0.3, 0.4) is 0 Å². The zero-order valence-corrected chi connectivity index (χ0v) is 20.5. The molecule has 1 atom stereocenters. The molecule has 35 heavy (non-hydrogen) atoms. The Morgan fingerprint density at radius 2 is 1.74 bits per heavy atom. The topological polar surface area (TPSA) is 113 Å². The maximum atomic E-state index is 13.1. The minimum absolute atomic E-state index is 0.0539. The molecule has 4 rings (SSSR count). The van der Waals surface area contributed by atoms with Crippen LogP contribution in [-0.2, 0) is 14.8 Å². The van der Waals surface area contributed by atoms with Crippen molar-refractivity contribution in [3.63, 3.8) is 0 Å². The normalized spacial score (nSPS) is 16.2. The van der Waals surface area contributed by atoms with Gasteiger partial charge in [-0.25, -0.2) is 8.42 Å². The number of rotatable bonds is 7. The molecule has 0 spiro atoms. The van der Waals surface area contributed by atoms with Gasteiger partial charge >= 0.3 is 0 Å². The summed E-state index contributed by atoms with van der Waals surface area (Å²) in [5, 5.41) is 16.4. The van der Waals surface area contributed by atoms with Crippen molar-refractivity contribution in [2.24, 2.45) is 0 Å². The molecule has 1 amide bonds.